The third-order valence-corrected chi connectivity index (χ3v) is 4.45. The van der Waals surface area contributed by atoms with Crippen LogP contribution >= 0.6 is 0 Å². The first kappa shape index (κ1) is 17.5. The quantitative estimate of drug-likeness (QED) is 0.850. The zero-order valence-electron chi connectivity index (χ0n) is 14.5. The van der Waals surface area contributed by atoms with Gasteiger partial charge in [-0.25, -0.2) is 4.79 Å². The van der Waals surface area contributed by atoms with Gasteiger partial charge in [-0.05, 0) is 44.4 Å². The number of piperidine rings is 1. The summed E-state index contributed by atoms with van der Waals surface area (Å²) in [7, 11) is 1.81. The van der Waals surface area contributed by atoms with Crippen molar-refractivity contribution in [1.29, 1.82) is 0 Å². The van der Waals surface area contributed by atoms with Crippen LogP contribution < -0.4 is 5.32 Å². The Morgan fingerprint density at radius 1 is 1.43 bits per heavy atom. The van der Waals surface area contributed by atoms with Crippen molar-refractivity contribution in [3.05, 3.63) is 42.2 Å². The van der Waals surface area contributed by atoms with Gasteiger partial charge in [0.15, 0.2) is 0 Å². The first-order valence-electron chi connectivity index (χ1n) is 8.27. The lowest BCUT2D eigenvalue weighted by atomic mass is 10.0. The summed E-state index contributed by atoms with van der Waals surface area (Å²) in [5.74, 6) is 0. The van der Waals surface area contributed by atoms with Gasteiger partial charge >= 0.3 is 6.03 Å². The monoisotopic (exact) mass is 316 g/mol. The van der Waals surface area contributed by atoms with E-state index < -0.39 is 0 Å². The van der Waals surface area contributed by atoms with E-state index in [0.29, 0.717) is 12.6 Å². The van der Waals surface area contributed by atoms with E-state index in [2.05, 4.69) is 40.8 Å². The molecule has 0 spiro atoms. The number of aromatic nitrogens is 1. The number of likely N-dealkylation sites (tertiary alicyclic amines) is 1. The van der Waals surface area contributed by atoms with Crippen molar-refractivity contribution in [1.82, 2.24) is 20.1 Å². The molecule has 2 amide bonds. The van der Waals surface area contributed by atoms with Crippen LogP contribution in [0.4, 0.5) is 4.79 Å². The molecule has 1 aliphatic rings. The number of nitrogens with zero attached hydrogens (tertiary/aromatic N) is 3. The lowest BCUT2D eigenvalue weighted by Gasteiger charge is -2.37. The summed E-state index contributed by atoms with van der Waals surface area (Å²) < 4.78 is 0. The van der Waals surface area contributed by atoms with Gasteiger partial charge in [-0.1, -0.05) is 12.2 Å². The highest BCUT2D eigenvalue weighted by molar-refractivity contribution is 5.74. The number of rotatable bonds is 5. The second-order valence-corrected chi connectivity index (χ2v) is 6.53. The number of carbonyl (C=O) groups is 1. The van der Waals surface area contributed by atoms with Gasteiger partial charge in [-0.15, -0.1) is 0 Å². The second-order valence-electron chi connectivity index (χ2n) is 6.53. The van der Waals surface area contributed by atoms with Crippen molar-refractivity contribution >= 4 is 6.03 Å². The molecule has 1 atom stereocenters. The minimum atomic E-state index is -0.00590. The molecule has 1 aliphatic heterocycles. The van der Waals surface area contributed by atoms with E-state index in [-0.39, 0.29) is 12.1 Å². The third-order valence-electron chi connectivity index (χ3n) is 4.45. The molecule has 0 aromatic carbocycles. The molecule has 2 heterocycles. The molecule has 1 N–H and O–H groups in total. The summed E-state index contributed by atoms with van der Waals surface area (Å²) in [5.41, 5.74) is 2.28. The highest BCUT2D eigenvalue weighted by Crippen LogP contribution is 2.23. The maximum Gasteiger partial charge on any atom is 0.317 e. The van der Waals surface area contributed by atoms with Gasteiger partial charge in [0.05, 0.1) is 0 Å². The predicted molar refractivity (Wildman–Crippen MR) is 93.2 cm³/mol. The zero-order valence-corrected chi connectivity index (χ0v) is 14.5. The molecule has 5 heteroatoms. The Kier molecular flexibility index (Phi) is 6.16. The van der Waals surface area contributed by atoms with Crippen LogP contribution in [0.2, 0.25) is 0 Å². The van der Waals surface area contributed by atoms with E-state index in [1.165, 1.54) is 5.56 Å². The van der Waals surface area contributed by atoms with Crippen LogP contribution in [0, 0.1) is 0 Å². The van der Waals surface area contributed by atoms with Crippen LogP contribution in [-0.2, 0) is 0 Å². The first-order valence-corrected chi connectivity index (χ1v) is 8.27. The fourth-order valence-electron chi connectivity index (χ4n) is 3.05. The summed E-state index contributed by atoms with van der Waals surface area (Å²) in [6.45, 7) is 10.6. The maximum absolute atomic E-state index is 12.1. The number of pyridine rings is 1. The zero-order chi connectivity index (χ0) is 16.8. The Labute approximate surface area is 139 Å². The van der Waals surface area contributed by atoms with Crippen LogP contribution in [-0.4, -0.2) is 53.5 Å². The average molecular weight is 316 g/mol. The molecule has 0 radical (unpaired) electrons. The minimum absolute atomic E-state index is 0.00590. The molecule has 126 valence electrons. The second kappa shape index (κ2) is 8.11. The van der Waals surface area contributed by atoms with Gasteiger partial charge in [-0.2, -0.15) is 0 Å². The van der Waals surface area contributed by atoms with Crippen molar-refractivity contribution < 1.29 is 4.79 Å². The molecular weight excluding hydrogens is 288 g/mol. The van der Waals surface area contributed by atoms with Crippen molar-refractivity contribution in [2.45, 2.75) is 38.8 Å². The van der Waals surface area contributed by atoms with Crippen molar-refractivity contribution in [3.63, 3.8) is 0 Å². The number of amides is 2. The number of urea groups is 1. The van der Waals surface area contributed by atoms with Crippen LogP contribution in [0.25, 0.3) is 0 Å². The van der Waals surface area contributed by atoms with Gasteiger partial charge in [0.25, 0.3) is 0 Å². The van der Waals surface area contributed by atoms with Gasteiger partial charge < -0.3 is 10.2 Å². The van der Waals surface area contributed by atoms with Gasteiger partial charge in [0.2, 0.25) is 0 Å². The Bertz CT molecular complexity index is 523. The molecule has 5 nitrogen and oxygen atoms in total. The number of likely N-dealkylation sites (N-methyl/N-ethyl adjacent to an activating group) is 1. The summed E-state index contributed by atoms with van der Waals surface area (Å²) in [6, 6.07) is 4.79. The highest BCUT2D eigenvalue weighted by atomic mass is 16.2. The predicted octanol–water partition coefficient (Wildman–Crippen LogP) is 2.82. The van der Waals surface area contributed by atoms with E-state index in [1.54, 1.807) is 4.90 Å². The molecule has 23 heavy (non-hydrogen) atoms. The summed E-state index contributed by atoms with van der Waals surface area (Å²) in [4.78, 5) is 20.4. The lowest BCUT2D eigenvalue weighted by Crippen LogP contribution is -2.48. The summed E-state index contributed by atoms with van der Waals surface area (Å²) in [5, 5.41) is 3.13. The van der Waals surface area contributed by atoms with E-state index in [4.69, 9.17) is 0 Å². The van der Waals surface area contributed by atoms with E-state index in [9.17, 15) is 4.79 Å². The number of hydrogen-bond donors (Lipinski definition) is 1. The Morgan fingerprint density at radius 3 is 2.61 bits per heavy atom. The SMILES string of the molecule is C=C(C)CN(C)C(=O)NC1CCN(C(C)c2ccncc2)CC1. The minimum Gasteiger partial charge on any atom is -0.335 e. The first-order chi connectivity index (χ1) is 11.0. The molecular formula is C18H28N4O. The smallest absolute Gasteiger partial charge is 0.317 e. The maximum atomic E-state index is 12.1. The normalized spacial score (nSPS) is 17.5. The molecule has 1 unspecified atom stereocenters. The summed E-state index contributed by atoms with van der Waals surface area (Å²) in [6.07, 6.45) is 5.66. The van der Waals surface area contributed by atoms with Crippen LogP contribution in [0.5, 0.6) is 0 Å². The lowest BCUT2D eigenvalue weighted by molar-refractivity contribution is 0.148. The van der Waals surface area contributed by atoms with Crippen molar-refractivity contribution in [2.24, 2.45) is 0 Å². The van der Waals surface area contributed by atoms with Crippen molar-refractivity contribution in [2.75, 3.05) is 26.7 Å². The molecule has 0 bridgehead atoms. The number of nitrogens with one attached hydrogen (secondary N) is 1. The molecule has 0 aliphatic carbocycles. The molecule has 1 saturated heterocycles. The largest absolute Gasteiger partial charge is 0.335 e. The van der Waals surface area contributed by atoms with Crippen LogP contribution in [0.15, 0.2) is 36.7 Å². The van der Waals surface area contributed by atoms with E-state index >= 15 is 0 Å². The average Bonchev–Trinajstić information content (AvgIpc) is 2.55. The molecule has 1 aromatic rings. The highest BCUT2D eigenvalue weighted by Gasteiger charge is 2.25. The van der Waals surface area contributed by atoms with Gasteiger partial charge in [-0.3, -0.25) is 9.88 Å². The number of hydrogen-bond acceptors (Lipinski definition) is 3. The number of carbonyl (C=O) groups excluding carboxylic acids is 1. The molecule has 2 rings (SSSR count). The Balaban J connectivity index is 1.80. The fraction of sp³-hybridized carbons (Fsp3) is 0.556. The van der Waals surface area contributed by atoms with Crippen molar-refractivity contribution in [3.8, 4) is 0 Å². The molecule has 1 aromatic heterocycles. The van der Waals surface area contributed by atoms with Gasteiger partial charge in [0, 0.05) is 51.2 Å². The van der Waals surface area contributed by atoms with Crippen LogP contribution in [0.1, 0.15) is 38.3 Å². The van der Waals surface area contributed by atoms with E-state index in [1.807, 2.05) is 26.4 Å². The Morgan fingerprint density at radius 2 is 2.04 bits per heavy atom. The standard InChI is InChI=1S/C18H28N4O/c1-14(2)13-21(4)18(23)20-17-7-11-22(12-8-17)15(3)16-5-9-19-10-6-16/h5-6,9-10,15,17H,1,7-8,11-13H2,2-4H3,(H,20,23). The fourth-order valence-corrected chi connectivity index (χ4v) is 3.05. The molecule has 1 fully saturated rings. The summed E-state index contributed by atoms with van der Waals surface area (Å²) >= 11 is 0. The van der Waals surface area contributed by atoms with Crippen LogP contribution in [0.3, 0.4) is 0 Å². The van der Waals surface area contributed by atoms with E-state index in [0.717, 1.165) is 31.5 Å². The molecule has 0 saturated carbocycles. The topological polar surface area (TPSA) is 48.5 Å². The van der Waals surface area contributed by atoms with Gasteiger partial charge in [0.1, 0.15) is 0 Å². The Hall–Kier alpha value is -1.88. The third kappa shape index (κ3) is 5.06.